The predicted molar refractivity (Wildman–Crippen MR) is 109 cm³/mol. The number of benzene rings is 2. The molecule has 2 aromatic carbocycles. The second kappa shape index (κ2) is 10.5. The van der Waals surface area contributed by atoms with Crippen molar-refractivity contribution in [3.8, 4) is 5.75 Å². The number of rotatable bonds is 9. The van der Waals surface area contributed by atoms with E-state index in [1.807, 2.05) is 75.4 Å². The van der Waals surface area contributed by atoms with Gasteiger partial charge >= 0.3 is 6.09 Å². The van der Waals surface area contributed by atoms with E-state index in [-0.39, 0.29) is 5.78 Å². The fraction of sp³-hybridized carbons (Fsp3) is 0.391. The van der Waals surface area contributed by atoms with Crippen LogP contribution in [0.3, 0.4) is 0 Å². The average molecular weight is 383 g/mol. The number of nitrogens with one attached hydrogen (secondary N) is 1. The number of alkyl carbamates (subject to hydrolysis) is 1. The summed E-state index contributed by atoms with van der Waals surface area (Å²) in [6.07, 6.45) is 0.894. The van der Waals surface area contributed by atoms with Crippen LogP contribution in [0.15, 0.2) is 54.6 Å². The van der Waals surface area contributed by atoms with E-state index in [2.05, 4.69) is 5.32 Å². The Hall–Kier alpha value is -2.82. The topological polar surface area (TPSA) is 64.6 Å². The van der Waals surface area contributed by atoms with Crippen molar-refractivity contribution >= 4 is 11.9 Å². The second-order valence-corrected chi connectivity index (χ2v) is 7.67. The Morgan fingerprint density at radius 3 is 2.39 bits per heavy atom. The third kappa shape index (κ3) is 8.71. The van der Waals surface area contributed by atoms with Crippen molar-refractivity contribution in [2.45, 2.75) is 52.2 Å². The molecule has 0 aromatic heterocycles. The molecule has 0 aliphatic carbocycles. The molecule has 0 saturated carbocycles. The quantitative estimate of drug-likeness (QED) is 0.639. The van der Waals surface area contributed by atoms with E-state index < -0.39 is 11.7 Å². The highest BCUT2D eigenvalue weighted by atomic mass is 16.6. The zero-order valence-corrected chi connectivity index (χ0v) is 16.9. The molecule has 150 valence electrons. The van der Waals surface area contributed by atoms with Crippen LogP contribution in [0.2, 0.25) is 0 Å². The third-order valence-electron chi connectivity index (χ3n) is 3.85. The van der Waals surface area contributed by atoms with Gasteiger partial charge in [0, 0.05) is 19.4 Å². The SMILES string of the molecule is CC(C)(C)OC(=O)NCCCC(=O)Cc1cccc(OCc2ccccc2)c1. The number of carbonyl (C=O) groups is 2. The van der Waals surface area contributed by atoms with E-state index in [1.165, 1.54) is 0 Å². The van der Waals surface area contributed by atoms with Gasteiger partial charge in [0.15, 0.2) is 0 Å². The van der Waals surface area contributed by atoms with Gasteiger partial charge in [-0.1, -0.05) is 42.5 Å². The maximum atomic E-state index is 12.2. The van der Waals surface area contributed by atoms with Crippen molar-refractivity contribution in [2.75, 3.05) is 6.54 Å². The Bertz CT molecular complexity index is 766. The van der Waals surface area contributed by atoms with E-state index in [9.17, 15) is 9.59 Å². The van der Waals surface area contributed by atoms with Gasteiger partial charge in [0.1, 0.15) is 23.7 Å². The summed E-state index contributed by atoms with van der Waals surface area (Å²) < 4.78 is 11.0. The molecule has 0 saturated heterocycles. The Morgan fingerprint density at radius 2 is 1.68 bits per heavy atom. The van der Waals surface area contributed by atoms with E-state index in [0.29, 0.717) is 32.4 Å². The molecule has 5 heteroatoms. The molecule has 0 atom stereocenters. The minimum absolute atomic E-state index is 0.131. The number of ether oxygens (including phenoxy) is 2. The summed E-state index contributed by atoms with van der Waals surface area (Å²) in [7, 11) is 0. The summed E-state index contributed by atoms with van der Waals surface area (Å²) >= 11 is 0. The van der Waals surface area contributed by atoms with Gasteiger partial charge in [0.05, 0.1) is 0 Å². The standard InChI is InChI=1S/C23H29NO4/c1-23(2,3)28-22(26)24-14-8-12-20(25)15-19-11-7-13-21(16-19)27-17-18-9-5-4-6-10-18/h4-7,9-11,13,16H,8,12,14-15,17H2,1-3H3,(H,24,26). The smallest absolute Gasteiger partial charge is 0.407 e. The maximum Gasteiger partial charge on any atom is 0.407 e. The van der Waals surface area contributed by atoms with Crippen molar-refractivity contribution in [1.82, 2.24) is 5.32 Å². The molecule has 28 heavy (non-hydrogen) atoms. The van der Waals surface area contributed by atoms with Crippen molar-refractivity contribution in [3.05, 3.63) is 65.7 Å². The molecule has 2 rings (SSSR count). The molecule has 1 amide bonds. The van der Waals surface area contributed by atoms with Crippen LogP contribution in [0, 0.1) is 0 Å². The lowest BCUT2D eigenvalue weighted by atomic mass is 10.1. The van der Waals surface area contributed by atoms with Gasteiger partial charge in [-0.25, -0.2) is 4.79 Å². The fourth-order valence-electron chi connectivity index (χ4n) is 2.59. The molecule has 2 aromatic rings. The van der Waals surface area contributed by atoms with Crippen LogP contribution >= 0.6 is 0 Å². The first-order valence-electron chi connectivity index (χ1n) is 9.56. The van der Waals surface area contributed by atoms with Crippen LogP contribution in [0.25, 0.3) is 0 Å². The summed E-state index contributed by atoms with van der Waals surface area (Å²) in [5, 5.41) is 2.67. The monoisotopic (exact) mass is 383 g/mol. The number of Topliss-reactive ketones (excluding diaryl/α,β-unsaturated/α-hetero) is 1. The number of hydrogen-bond donors (Lipinski definition) is 1. The molecular formula is C23H29NO4. The molecular weight excluding hydrogens is 354 g/mol. The molecule has 5 nitrogen and oxygen atoms in total. The normalized spacial score (nSPS) is 11.0. The average Bonchev–Trinajstić information content (AvgIpc) is 2.63. The van der Waals surface area contributed by atoms with Gasteiger partial charge in [0.2, 0.25) is 0 Å². The van der Waals surface area contributed by atoms with Crippen LogP contribution in [-0.2, 0) is 22.6 Å². The van der Waals surface area contributed by atoms with Gasteiger partial charge in [-0.15, -0.1) is 0 Å². The van der Waals surface area contributed by atoms with Crippen LogP contribution < -0.4 is 10.1 Å². The Kier molecular flexibility index (Phi) is 8.05. The molecule has 0 fully saturated rings. The van der Waals surface area contributed by atoms with Gasteiger partial charge < -0.3 is 14.8 Å². The molecule has 0 radical (unpaired) electrons. The van der Waals surface area contributed by atoms with Crippen LogP contribution in [0.5, 0.6) is 5.75 Å². The largest absolute Gasteiger partial charge is 0.489 e. The van der Waals surface area contributed by atoms with E-state index in [0.717, 1.165) is 16.9 Å². The van der Waals surface area contributed by atoms with E-state index in [1.54, 1.807) is 0 Å². The highest BCUT2D eigenvalue weighted by Crippen LogP contribution is 2.16. The molecule has 0 spiro atoms. The number of carbonyl (C=O) groups excluding carboxylic acids is 2. The first-order valence-corrected chi connectivity index (χ1v) is 9.56. The lowest BCUT2D eigenvalue weighted by Crippen LogP contribution is -2.33. The lowest BCUT2D eigenvalue weighted by molar-refractivity contribution is -0.118. The van der Waals surface area contributed by atoms with E-state index in [4.69, 9.17) is 9.47 Å². The summed E-state index contributed by atoms with van der Waals surface area (Å²) in [5.41, 5.74) is 1.50. The van der Waals surface area contributed by atoms with Gasteiger partial charge in [-0.05, 0) is 50.5 Å². The lowest BCUT2D eigenvalue weighted by Gasteiger charge is -2.19. The molecule has 0 aliphatic rings. The minimum Gasteiger partial charge on any atom is -0.489 e. The summed E-state index contributed by atoms with van der Waals surface area (Å²) in [5.74, 6) is 0.881. The van der Waals surface area contributed by atoms with Gasteiger partial charge in [-0.3, -0.25) is 4.79 Å². The molecule has 0 heterocycles. The van der Waals surface area contributed by atoms with Crippen molar-refractivity contribution in [2.24, 2.45) is 0 Å². The van der Waals surface area contributed by atoms with Gasteiger partial charge in [-0.2, -0.15) is 0 Å². The predicted octanol–water partition coefficient (Wildman–Crippen LogP) is 4.68. The highest BCUT2D eigenvalue weighted by molar-refractivity contribution is 5.81. The van der Waals surface area contributed by atoms with Crippen molar-refractivity contribution in [1.29, 1.82) is 0 Å². The number of hydrogen-bond acceptors (Lipinski definition) is 4. The summed E-state index contributed by atoms with van der Waals surface area (Å²) in [4.78, 5) is 23.8. The maximum absolute atomic E-state index is 12.2. The van der Waals surface area contributed by atoms with Crippen LogP contribution in [0.4, 0.5) is 4.79 Å². The fourth-order valence-corrected chi connectivity index (χ4v) is 2.59. The first-order chi connectivity index (χ1) is 13.3. The highest BCUT2D eigenvalue weighted by Gasteiger charge is 2.15. The summed E-state index contributed by atoms with van der Waals surface area (Å²) in [6, 6.07) is 17.6. The molecule has 0 unspecified atom stereocenters. The molecule has 0 bridgehead atoms. The third-order valence-corrected chi connectivity index (χ3v) is 3.85. The van der Waals surface area contributed by atoms with Gasteiger partial charge in [0.25, 0.3) is 0 Å². The Morgan fingerprint density at radius 1 is 0.964 bits per heavy atom. The Labute approximate surface area is 167 Å². The van der Waals surface area contributed by atoms with E-state index >= 15 is 0 Å². The van der Waals surface area contributed by atoms with Crippen LogP contribution in [-0.4, -0.2) is 24.0 Å². The molecule has 0 aliphatic heterocycles. The van der Waals surface area contributed by atoms with Crippen molar-refractivity contribution in [3.63, 3.8) is 0 Å². The summed E-state index contributed by atoms with van der Waals surface area (Å²) in [6.45, 7) is 6.35. The zero-order chi connectivity index (χ0) is 20.4. The number of ketones is 1. The zero-order valence-electron chi connectivity index (χ0n) is 16.9. The molecule has 1 N–H and O–H groups in total. The van der Waals surface area contributed by atoms with Crippen LogP contribution in [0.1, 0.15) is 44.7 Å². The van der Waals surface area contributed by atoms with Crippen molar-refractivity contribution < 1.29 is 19.1 Å². The number of amides is 1. The Balaban J connectivity index is 1.71. The minimum atomic E-state index is -0.520. The first kappa shape index (κ1) is 21.5. The second-order valence-electron chi connectivity index (χ2n) is 7.67.